The average molecular weight is 334 g/mol. The molecule has 2 N–H and O–H groups in total. The molecule has 1 rings (SSSR count). The largest absolute Gasteiger partial charge is 0.382 e. The van der Waals surface area contributed by atoms with Gasteiger partial charge in [0.25, 0.3) is 0 Å². The summed E-state index contributed by atoms with van der Waals surface area (Å²) in [6.07, 6.45) is 0.985. The quantitative estimate of drug-likeness (QED) is 0.458. The van der Waals surface area contributed by atoms with Gasteiger partial charge in [0, 0.05) is 31.7 Å². The van der Waals surface area contributed by atoms with E-state index >= 15 is 0 Å². The summed E-state index contributed by atoms with van der Waals surface area (Å²) in [5, 5.41) is 6.53. The smallest absolute Gasteiger partial charge is 0.191 e. The molecule has 102 valence electrons. The van der Waals surface area contributed by atoms with Gasteiger partial charge in [-0.2, -0.15) is 0 Å². The fourth-order valence-corrected chi connectivity index (χ4v) is 2.79. The van der Waals surface area contributed by atoms with Crippen LogP contribution < -0.4 is 10.6 Å². The summed E-state index contributed by atoms with van der Waals surface area (Å²) >= 11 is 5.18. The lowest BCUT2D eigenvalue weighted by molar-refractivity contribution is 0.145. The van der Waals surface area contributed by atoms with Crippen molar-refractivity contribution in [3.05, 3.63) is 20.8 Å². The third-order valence-corrected chi connectivity index (χ3v) is 3.87. The van der Waals surface area contributed by atoms with E-state index in [-0.39, 0.29) is 0 Å². The Balaban J connectivity index is 2.18. The zero-order valence-electron chi connectivity index (χ0n) is 10.8. The lowest BCUT2D eigenvalue weighted by atomic mass is 10.4. The number of thiophene rings is 1. The monoisotopic (exact) mass is 333 g/mol. The predicted molar refractivity (Wildman–Crippen MR) is 81.3 cm³/mol. The maximum Gasteiger partial charge on any atom is 0.191 e. The Morgan fingerprint density at radius 3 is 2.89 bits per heavy atom. The van der Waals surface area contributed by atoms with Crippen LogP contribution in [0.3, 0.4) is 0 Å². The Hall–Kier alpha value is -0.590. The summed E-state index contributed by atoms with van der Waals surface area (Å²) in [7, 11) is 1.78. The molecular weight excluding hydrogens is 314 g/mol. The highest BCUT2D eigenvalue weighted by molar-refractivity contribution is 9.11. The van der Waals surface area contributed by atoms with E-state index in [1.807, 2.05) is 6.92 Å². The van der Waals surface area contributed by atoms with E-state index in [0.29, 0.717) is 0 Å². The summed E-state index contributed by atoms with van der Waals surface area (Å²) in [4.78, 5) is 5.45. The molecule has 0 saturated heterocycles. The van der Waals surface area contributed by atoms with Gasteiger partial charge < -0.3 is 15.4 Å². The molecule has 0 bridgehead atoms. The molecule has 1 aromatic rings. The number of nitrogens with zero attached hydrogens (tertiary/aromatic N) is 1. The number of rotatable bonds is 7. The third-order valence-electron chi connectivity index (χ3n) is 2.24. The number of ether oxygens (including phenoxy) is 1. The topological polar surface area (TPSA) is 45.6 Å². The van der Waals surface area contributed by atoms with Crippen LogP contribution in [0.1, 0.15) is 18.2 Å². The minimum Gasteiger partial charge on any atom is -0.382 e. The predicted octanol–water partition coefficient (Wildman–Crippen LogP) is 2.60. The molecular formula is C12H20BrN3OS. The van der Waals surface area contributed by atoms with E-state index in [0.717, 1.165) is 42.5 Å². The number of halogens is 1. The Labute approximate surface area is 121 Å². The van der Waals surface area contributed by atoms with Crippen molar-refractivity contribution in [1.29, 1.82) is 0 Å². The molecule has 0 spiro atoms. The molecule has 0 fully saturated rings. The van der Waals surface area contributed by atoms with Crippen molar-refractivity contribution in [1.82, 2.24) is 10.6 Å². The van der Waals surface area contributed by atoms with E-state index in [9.17, 15) is 0 Å². The summed E-state index contributed by atoms with van der Waals surface area (Å²) in [5.74, 6) is 0.830. The second-order valence-corrected chi connectivity index (χ2v) is 6.16. The highest BCUT2D eigenvalue weighted by atomic mass is 79.9. The normalized spacial score (nSPS) is 11.6. The first-order chi connectivity index (χ1) is 8.76. The standard InChI is InChI=1S/C12H20BrN3OS/c1-3-17-8-4-7-15-12(14-2)16-9-10-5-6-11(13)18-10/h5-6H,3-4,7-9H2,1-2H3,(H2,14,15,16). The zero-order chi connectivity index (χ0) is 13.2. The first-order valence-corrected chi connectivity index (χ1v) is 7.63. The van der Waals surface area contributed by atoms with Crippen molar-refractivity contribution in [2.24, 2.45) is 4.99 Å². The van der Waals surface area contributed by atoms with Crippen LogP contribution >= 0.6 is 27.3 Å². The van der Waals surface area contributed by atoms with E-state index < -0.39 is 0 Å². The maximum atomic E-state index is 5.28. The first-order valence-electron chi connectivity index (χ1n) is 6.02. The summed E-state index contributed by atoms with van der Waals surface area (Å²) < 4.78 is 6.43. The molecule has 0 radical (unpaired) electrons. The minimum absolute atomic E-state index is 0.778. The molecule has 0 atom stereocenters. The Kier molecular flexibility index (Phi) is 8.04. The van der Waals surface area contributed by atoms with E-state index in [1.54, 1.807) is 18.4 Å². The lowest BCUT2D eigenvalue weighted by Gasteiger charge is -2.10. The van der Waals surface area contributed by atoms with E-state index in [2.05, 4.69) is 43.7 Å². The molecule has 0 aliphatic carbocycles. The van der Waals surface area contributed by atoms with Crippen LogP contribution in [0.25, 0.3) is 0 Å². The molecule has 0 aliphatic rings. The molecule has 1 aromatic heterocycles. The molecule has 0 unspecified atom stereocenters. The minimum atomic E-state index is 0.778. The van der Waals surface area contributed by atoms with Crippen LogP contribution in [-0.4, -0.2) is 32.8 Å². The molecule has 6 heteroatoms. The van der Waals surface area contributed by atoms with Crippen LogP contribution in [0.5, 0.6) is 0 Å². The lowest BCUT2D eigenvalue weighted by Crippen LogP contribution is -2.37. The average Bonchev–Trinajstić information content (AvgIpc) is 2.78. The number of aliphatic imine (C=N–C) groups is 1. The molecule has 0 aromatic carbocycles. The van der Waals surface area contributed by atoms with Gasteiger partial charge in [-0.05, 0) is 41.4 Å². The van der Waals surface area contributed by atoms with Crippen LogP contribution in [0.15, 0.2) is 20.9 Å². The van der Waals surface area contributed by atoms with Gasteiger partial charge in [-0.25, -0.2) is 0 Å². The van der Waals surface area contributed by atoms with Gasteiger partial charge in [-0.3, -0.25) is 4.99 Å². The second kappa shape index (κ2) is 9.35. The van der Waals surface area contributed by atoms with Crippen LogP contribution in [-0.2, 0) is 11.3 Å². The fourth-order valence-electron chi connectivity index (χ4n) is 1.36. The molecule has 18 heavy (non-hydrogen) atoms. The number of nitrogens with one attached hydrogen (secondary N) is 2. The van der Waals surface area contributed by atoms with Crippen molar-refractivity contribution in [2.45, 2.75) is 19.9 Å². The molecule has 1 heterocycles. The van der Waals surface area contributed by atoms with E-state index in [4.69, 9.17) is 4.74 Å². The van der Waals surface area contributed by atoms with Crippen molar-refractivity contribution in [3.8, 4) is 0 Å². The van der Waals surface area contributed by atoms with Crippen molar-refractivity contribution in [2.75, 3.05) is 26.8 Å². The van der Waals surface area contributed by atoms with Crippen LogP contribution in [0.2, 0.25) is 0 Å². The highest BCUT2D eigenvalue weighted by Crippen LogP contribution is 2.21. The Morgan fingerprint density at radius 2 is 2.28 bits per heavy atom. The van der Waals surface area contributed by atoms with Gasteiger partial charge in [0.05, 0.1) is 10.3 Å². The van der Waals surface area contributed by atoms with Gasteiger partial charge in [0.2, 0.25) is 0 Å². The van der Waals surface area contributed by atoms with Crippen LogP contribution in [0.4, 0.5) is 0 Å². The molecule has 4 nitrogen and oxygen atoms in total. The van der Waals surface area contributed by atoms with Gasteiger partial charge in [0.1, 0.15) is 0 Å². The van der Waals surface area contributed by atoms with Crippen molar-refractivity contribution >= 4 is 33.2 Å². The third kappa shape index (κ3) is 6.37. The second-order valence-electron chi connectivity index (χ2n) is 3.61. The fraction of sp³-hybridized carbons (Fsp3) is 0.583. The Bertz CT molecular complexity index is 368. The van der Waals surface area contributed by atoms with E-state index in [1.165, 1.54) is 4.88 Å². The molecule has 0 aliphatic heterocycles. The van der Waals surface area contributed by atoms with Crippen molar-refractivity contribution in [3.63, 3.8) is 0 Å². The molecule has 0 saturated carbocycles. The maximum absolute atomic E-state index is 5.28. The first kappa shape index (κ1) is 15.5. The highest BCUT2D eigenvalue weighted by Gasteiger charge is 2.00. The Morgan fingerprint density at radius 1 is 1.44 bits per heavy atom. The summed E-state index contributed by atoms with van der Waals surface area (Å²) in [5.41, 5.74) is 0. The van der Waals surface area contributed by atoms with Gasteiger partial charge in [0.15, 0.2) is 5.96 Å². The van der Waals surface area contributed by atoms with Crippen LogP contribution in [0, 0.1) is 0 Å². The summed E-state index contributed by atoms with van der Waals surface area (Å²) in [6.45, 7) is 5.24. The number of hydrogen-bond donors (Lipinski definition) is 2. The SMILES string of the molecule is CCOCCCNC(=NC)NCc1ccc(Br)s1. The van der Waals surface area contributed by atoms with Gasteiger partial charge in [-0.15, -0.1) is 11.3 Å². The zero-order valence-corrected chi connectivity index (χ0v) is 13.2. The summed E-state index contributed by atoms with van der Waals surface area (Å²) in [6, 6.07) is 4.16. The van der Waals surface area contributed by atoms with Gasteiger partial charge in [-0.1, -0.05) is 0 Å². The number of hydrogen-bond acceptors (Lipinski definition) is 3. The van der Waals surface area contributed by atoms with Gasteiger partial charge >= 0.3 is 0 Å². The van der Waals surface area contributed by atoms with Crippen molar-refractivity contribution < 1.29 is 4.74 Å². The molecule has 0 amide bonds. The number of guanidine groups is 1.